The van der Waals surface area contributed by atoms with Gasteiger partial charge in [-0.3, -0.25) is 4.68 Å². The van der Waals surface area contributed by atoms with E-state index in [-0.39, 0.29) is 0 Å². The standard InChI is InChI=1S/C22H34N4O.C2HF3O2/c1-7-10-25(12-13-27-6)22-19-9-8-11-26(21(19)23-24(22)5)20-17(3)14-16(2)15-18(20)4;3-2(4,5)1(6)7/h14-15H,7-13H2,1-6H3;(H,6,7). The van der Waals surface area contributed by atoms with E-state index < -0.39 is 12.1 Å². The first-order chi connectivity index (χ1) is 15.9. The Morgan fingerprint density at radius 2 is 1.79 bits per heavy atom. The second kappa shape index (κ2) is 11.6. The van der Waals surface area contributed by atoms with Crippen LogP contribution in [0.1, 0.15) is 42.0 Å². The molecule has 0 atom stereocenters. The highest BCUT2D eigenvalue weighted by Gasteiger charge is 2.38. The van der Waals surface area contributed by atoms with E-state index in [0.717, 1.165) is 51.3 Å². The number of benzene rings is 1. The Labute approximate surface area is 199 Å². The third-order valence-corrected chi connectivity index (χ3v) is 5.66. The van der Waals surface area contributed by atoms with Gasteiger partial charge in [-0.2, -0.15) is 18.3 Å². The van der Waals surface area contributed by atoms with Crippen LogP contribution in [0.2, 0.25) is 0 Å². The van der Waals surface area contributed by atoms with Crippen molar-refractivity contribution in [3.63, 3.8) is 0 Å². The van der Waals surface area contributed by atoms with E-state index in [1.54, 1.807) is 7.11 Å². The zero-order chi connectivity index (χ0) is 25.6. The van der Waals surface area contributed by atoms with Crippen LogP contribution in [0, 0.1) is 20.8 Å². The number of hydrogen-bond acceptors (Lipinski definition) is 5. The lowest BCUT2D eigenvalue weighted by atomic mass is 10.0. The van der Waals surface area contributed by atoms with Crippen LogP contribution in [0.15, 0.2) is 12.1 Å². The number of fused-ring (bicyclic) bond motifs is 1. The summed E-state index contributed by atoms with van der Waals surface area (Å²) in [6.07, 6.45) is -1.72. The van der Waals surface area contributed by atoms with Crippen molar-refractivity contribution in [3.8, 4) is 0 Å². The van der Waals surface area contributed by atoms with Crippen LogP contribution >= 0.6 is 0 Å². The lowest BCUT2D eigenvalue weighted by Gasteiger charge is -2.32. The molecule has 0 radical (unpaired) electrons. The summed E-state index contributed by atoms with van der Waals surface area (Å²) in [5.41, 5.74) is 6.69. The summed E-state index contributed by atoms with van der Waals surface area (Å²) in [6.45, 7) is 12.5. The molecule has 0 amide bonds. The van der Waals surface area contributed by atoms with Crippen LogP contribution < -0.4 is 9.80 Å². The van der Waals surface area contributed by atoms with Gasteiger partial charge in [-0.15, -0.1) is 0 Å². The number of aromatic nitrogens is 2. The van der Waals surface area contributed by atoms with Crippen molar-refractivity contribution in [3.05, 3.63) is 34.4 Å². The molecule has 0 saturated heterocycles. The van der Waals surface area contributed by atoms with Gasteiger partial charge in [0.2, 0.25) is 0 Å². The summed E-state index contributed by atoms with van der Waals surface area (Å²) < 4.78 is 39.2. The molecule has 0 aliphatic carbocycles. The van der Waals surface area contributed by atoms with Gasteiger partial charge in [0.25, 0.3) is 0 Å². The van der Waals surface area contributed by atoms with Crippen molar-refractivity contribution >= 4 is 23.3 Å². The quantitative estimate of drug-likeness (QED) is 0.601. The van der Waals surface area contributed by atoms with Crippen LogP contribution in [0.3, 0.4) is 0 Å². The maximum atomic E-state index is 10.6. The number of ether oxygens (including phenoxy) is 1. The van der Waals surface area contributed by atoms with E-state index in [1.165, 1.54) is 33.8 Å². The van der Waals surface area contributed by atoms with Crippen molar-refractivity contribution in [2.75, 3.05) is 43.2 Å². The van der Waals surface area contributed by atoms with Crippen LogP contribution in [0.25, 0.3) is 0 Å². The molecule has 10 heteroatoms. The smallest absolute Gasteiger partial charge is 0.475 e. The lowest BCUT2D eigenvalue weighted by molar-refractivity contribution is -0.192. The third-order valence-electron chi connectivity index (χ3n) is 5.66. The van der Waals surface area contributed by atoms with Crippen molar-refractivity contribution in [2.24, 2.45) is 7.05 Å². The van der Waals surface area contributed by atoms with Crippen LogP contribution in [-0.2, 0) is 23.0 Å². The molecule has 0 saturated carbocycles. The number of anilines is 3. The van der Waals surface area contributed by atoms with E-state index in [4.69, 9.17) is 19.7 Å². The first-order valence-electron chi connectivity index (χ1n) is 11.4. The van der Waals surface area contributed by atoms with Gasteiger partial charge in [-0.05, 0) is 51.2 Å². The molecule has 1 aromatic heterocycles. The van der Waals surface area contributed by atoms with Crippen LogP contribution in [0.4, 0.5) is 30.5 Å². The Hall–Kier alpha value is -2.75. The maximum Gasteiger partial charge on any atom is 0.490 e. The van der Waals surface area contributed by atoms with Crippen molar-refractivity contribution in [1.82, 2.24) is 9.78 Å². The number of alkyl halides is 3. The monoisotopic (exact) mass is 484 g/mol. The number of aryl methyl sites for hydroxylation is 4. The lowest BCUT2D eigenvalue weighted by Crippen LogP contribution is -2.31. The molecule has 1 aliphatic heterocycles. The predicted molar refractivity (Wildman–Crippen MR) is 127 cm³/mol. The fourth-order valence-electron chi connectivity index (χ4n) is 4.51. The van der Waals surface area contributed by atoms with Gasteiger partial charge in [0.15, 0.2) is 5.82 Å². The molecule has 34 heavy (non-hydrogen) atoms. The van der Waals surface area contributed by atoms with Crippen LogP contribution in [-0.4, -0.2) is 60.4 Å². The van der Waals surface area contributed by atoms with Gasteiger partial charge in [0.05, 0.1) is 6.61 Å². The fourth-order valence-corrected chi connectivity index (χ4v) is 4.51. The molecule has 1 N–H and O–H groups in total. The van der Waals surface area contributed by atoms with Gasteiger partial charge in [-0.25, -0.2) is 4.79 Å². The van der Waals surface area contributed by atoms with Gasteiger partial charge in [-0.1, -0.05) is 24.6 Å². The minimum atomic E-state index is -5.08. The molecule has 0 spiro atoms. The minimum absolute atomic E-state index is 0.736. The highest BCUT2D eigenvalue weighted by molar-refractivity contribution is 5.74. The topological polar surface area (TPSA) is 70.8 Å². The molecular formula is C24H35F3N4O3. The summed E-state index contributed by atoms with van der Waals surface area (Å²) in [7, 11) is 3.85. The Bertz CT molecular complexity index is 966. The van der Waals surface area contributed by atoms with Crippen molar-refractivity contribution in [1.29, 1.82) is 0 Å². The normalized spacial score (nSPS) is 13.3. The Morgan fingerprint density at radius 3 is 2.29 bits per heavy atom. The van der Waals surface area contributed by atoms with Crippen LogP contribution in [0.5, 0.6) is 0 Å². The van der Waals surface area contributed by atoms with Crippen molar-refractivity contribution in [2.45, 2.75) is 53.1 Å². The zero-order valence-corrected chi connectivity index (χ0v) is 20.8. The number of methoxy groups -OCH3 is 1. The second-order valence-corrected chi connectivity index (χ2v) is 8.53. The number of carboxylic acid groups (broad SMARTS) is 1. The molecular weight excluding hydrogens is 449 g/mol. The first-order valence-corrected chi connectivity index (χ1v) is 11.4. The number of hydrogen-bond donors (Lipinski definition) is 1. The summed E-state index contributed by atoms with van der Waals surface area (Å²) in [4.78, 5) is 13.8. The number of aliphatic carboxylic acids is 1. The number of carboxylic acids is 1. The SMILES string of the molecule is CCCN(CCOC)c1c2c(nn1C)N(c1c(C)cc(C)cc1C)CCC2.O=C(O)C(F)(F)F. The molecule has 0 unspecified atom stereocenters. The number of rotatable bonds is 7. The summed E-state index contributed by atoms with van der Waals surface area (Å²) in [5, 5.41) is 12.1. The average Bonchev–Trinajstić information content (AvgIpc) is 3.07. The molecule has 0 fully saturated rings. The van der Waals surface area contributed by atoms with Gasteiger partial charge < -0.3 is 19.6 Å². The van der Waals surface area contributed by atoms with Gasteiger partial charge in [0.1, 0.15) is 5.82 Å². The number of halogens is 3. The molecule has 3 rings (SSSR count). The largest absolute Gasteiger partial charge is 0.490 e. The number of nitrogens with zero attached hydrogens (tertiary/aromatic N) is 4. The summed E-state index contributed by atoms with van der Waals surface area (Å²) in [6, 6.07) is 4.56. The Balaban J connectivity index is 0.000000509. The molecule has 2 heterocycles. The second-order valence-electron chi connectivity index (χ2n) is 8.53. The zero-order valence-electron chi connectivity index (χ0n) is 20.8. The van der Waals surface area contributed by atoms with Gasteiger partial charge >= 0.3 is 12.1 Å². The third kappa shape index (κ3) is 6.43. The van der Waals surface area contributed by atoms with Crippen molar-refractivity contribution < 1.29 is 27.8 Å². The maximum absolute atomic E-state index is 10.6. The molecule has 0 bridgehead atoms. The van der Waals surface area contributed by atoms with E-state index in [0.29, 0.717) is 0 Å². The summed E-state index contributed by atoms with van der Waals surface area (Å²) >= 11 is 0. The molecule has 7 nitrogen and oxygen atoms in total. The Kier molecular flexibility index (Phi) is 9.37. The van der Waals surface area contributed by atoms with E-state index in [9.17, 15) is 13.2 Å². The van der Waals surface area contributed by atoms with E-state index in [1.807, 2.05) is 0 Å². The van der Waals surface area contributed by atoms with Gasteiger partial charge in [0, 0.05) is 45.0 Å². The predicted octanol–water partition coefficient (Wildman–Crippen LogP) is 4.93. The number of carbonyl (C=O) groups is 1. The highest BCUT2D eigenvalue weighted by atomic mass is 19.4. The molecule has 2 aromatic rings. The minimum Gasteiger partial charge on any atom is -0.475 e. The Morgan fingerprint density at radius 1 is 1.21 bits per heavy atom. The molecule has 1 aromatic carbocycles. The summed E-state index contributed by atoms with van der Waals surface area (Å²) in [5.74, 6) is -0.365. The first kappa shape index (κ1) is 27.5. The fraction of sp³-hybridized carbons (Fsp3) is 0.583. The van der Waals surface area contributed by atoms with E-state index in [2.05, 4.69) is 61.4 Å². The highest BCUT2D eigenvalue weighted by Crippen LogP contribution is 2.40. The molecule has 1 aliphatic rings. The van der Waals surface area contributed by atoms with E-state index >= 15 is 0 Å². The molecule has 190 valence electrons. The average molecular weight is 485 g/mol.